The molecule has 0 saturated carbocycles. The molecule has 6 rings (SSSR count). The van der Waals surface area contributed by atoms with E-state index in [0.29, 0.717) is 49.2 Å². The number of nitrogens with one attached hydrogen (secondary N) is 2. The molecular formula is C34H38N10O4. The molecule has 4 heterocycles. The maximum Gasteiger partial charge on any atom is 0.356 e. The fourth-order valence-electron chi connectivity index (χ4n) is 5.35. The molecule has 0 radical (unpaired) electrons. The number of carbonyl (C=O) groups is 2. The third-order valence-corrected chi connectivity index (χ3v) is 7.71. The molecule has 0 spiro atoms. The molecule has 4 aromatic rings. The number of hydrogen-bond donors (Lipinski definition) is 2. The minimum atomic E-state index is -0.759. The number of anilines is 2. The molecule has 2 aromatic carbocycles. The van der Waals surface area contributed by atoms with E-state index in [1.165, 1.54) is 10.1 Å². The molecular weight excluding hydrogens is 612 g/mol. The Morgan fingerprint density at radius 1 is 0.729 bits per heavy atom. The van der Waals surface area contributed by atoms with Gasteiger partial charge in [-0.05, 0) is 26.0 Å². The highest BCUT2D eigenvalue weighted by atomic mass is 16.7. The second-order valence-corrected chi connectivity index (χ2v) is 10.9. The van der Waals surface area contributed by atoms with Crippen molar-refractivity contribution < 1.29 is 19.3 Å². The third kappa shape index (κ3) is 7.71. The summed E-state index contributed by atoms with van der Waals surface area (Å²) in [5.41, 5.74) is 4.69. The highest BCUT2D eigenvalue weighted by Crippen LogP contribution is 2.32. The van der Waals surface area contributed by atoms with Crippen LogP contribution in [0.25, 0.3) is 22.3 Å². The van der Waals surface area contributed by atoms with E-state index >= 15 is 0 Å². The van der Waals surface area contributed by atoms with E-state index in [2.05, 4.69) is 30.8 Å². The zero-order chi connectivity index (χ0) is 33.3. The van der Waals surface area contributed by atoms with Crippen molar-refractivity contribution in [1.29, 1.82) is 0 Å². The number of carbonyl (C=O) groups excluding carboxylic acids is 2. The summed E-state index contributed by atoms with van der Waals surface area (Å²) in [7, 11) is 0. The van der Waals surface area contributed by atoms with Crippen molar-refractivity contribution in [3.8, 4) is 22.3 Å². The number of para-hydroxylation sites is 2. The van der Waals surface area contributed by atoms with E-state index in [1.807, 2.05) is 84.1 Å². The fourth-order valence-corrected chi connectivity index (χ4v) is 5.35. The number of amidine groups is 2. The predicted octanol–water partition coefficient (Wildman–Crippen LogP) is 3.24. The molecule has 14 nitrogen and oxygen atoms in total. The van der Waals surface area contributed by atoms with Gasteiger partial charge in [0.1, 0.15) is 24.8 Å². The van der Waals surface area contributed by atoms with Gasteiger partial charge in [0.05, 0.1) is 36.9 Å². The van der Waals surface area contributed by atoms with Crippen LogP contribution in [0.4, 0.5) is 11.4 Å². The Hall–Kier alpha value is -5.92. The van der Waals surface area contributed by atoms with E-state index in [-0.39, 0.29) is 13.1 Å². The first-order valence-electron chi connectivity index (χ1n) is 16.0. The summed E-state index contributed by atoms with van der Waals surface area (Å²) in [4.78, 5) is 47.1. The Labute approximate surface area is 278 Å². The predicted molar refractivity (Wildman–Crippen MR) is 183 cm³/mol. The van der Waals surface area contributed by atoms with E-state index < -0.39 is 11.9 Å². The SMILES string of the molecule is CCn1cc(-c2ccccc2N(CC2=NCCN2)OC(=O)/C=C/C(=O)ON(CC2=NCCN2)c2ccccc2-c2cnn(CC)c2)cn1. The quantitative estimate of drug-likeness (QED) is 0.154. The maximum absolute atomic E-state index is 13.2. The lowest BCUT2D eigenvalue weighted by Crippen LogP contribution is -2.37. The summed E-state index contributed by atoms with van der Waals surface area (Å²) in [6.45, 7) is 8.53. The van der Waals surface area contributed by atoms with Crippen LogP contribution < -0.4 is 20.8 Å². The van der Waals surface area contributed by atoms with Crippen molar-refractivity contribution in [2.45, 2.75) is 26.9 Å². The van der Waals surface area contributed by atoms with Crippen LogP contribution in [0.1, 0.15) is 13.8 Å². The first-order chi connectivity index (χ1) is 23.5. The number of aliphatic imine (C=N–C) groups is 2. The number of aryl methyl sites for hydroxylation is 2. The van der Waals surface area contributed by atoms with Gasteiger partial charge in [0.2, 0.25) is 0 Å². The standard InChI is InChI=1S/C34H38N10O4/c1-3-41-21-25(19-39-41)27-9-5-7-11-29(27)43(23-31-35-15-16-36-31)47-33(45)13-14-34(46)48-44(24-32-37-17-18-38-32)30-12-8-6-10-28(30)26-20-40-42(4-2)22-26/h5-14,19-22H,3-4,15-18,23-24H2,1-2H3,(H,35,36)(H,37,38)/b14-13+. The van der Waals surface area contributed by atoms with Crippen molar-refractivity contribution in [2.24, 2.45) is 9.98 Å². The fraction of sp³-hybridized carbons (Fsp3) is 0.294. The van der Waals surface area contributed by atoms with Crippen LogP contribution in [0.3, 0.4) is 0 Å². The van der Waals surface area contributed by atoms with Crippen LogP contribution in [0, 0.1) is 0 Å². The average molecular weight is 651 g/mol. The smallest absolute Gasteiger partial charge is 0.356 e. The molecule has 2 aliphatic heterocycles. The molecule has 14 heteroatoms. The van der Waals surface area contributed by atoms with Gasteiger partial charge < -0.3 is 20.3 Å². The van der Waals surface area contributed by atoms with Crippen molar-refractivity contribution in [3.63, 3.8) is 0 Å². The zero-order valence-corrected chi connectivity index (χ0v) is 27.0. The Kier molecular flexibility index (Phi) is 10.1. The topological polar surface area (TPSA) is 144 Å². The number of aromatic nitrogens is 4. The maximum atomic E-state index is 13.2. The zero-order valence-electron chi connectivity index (χ0n) is 27.0. The summed E-state index contributed by atoms with van der Waals surface area (Å²) >= 11 is 0. The Morgan fingerprint density at radius 3 is 1.54 bits per heavy atom. The lowest BCUT2D eigenvalue weighted by molar-refractivity contribution is -0.141. The average Bonchev–Trinajstić information content (AvgIpc) is 3.95. The highest BCUT2D eigenvalue weighted by Gasteiger charge is 2.23. The van der Waals surface area contributed by atoms with Crippen molar-refractivity contribution in [1.82, 2.24) is 30.2 Å². The lowest BCUT2D eigenvalue weighted by atomic mass is 10.1. The molecule has 0 aliphatic carbocycles. The lowest BCUT2D eigenvalue weighted by Gasteiger charge is -2.25. The minimum absolute atomic E-state index is 0.192. The first-order valence-corrected chi connectivity index (χ1v) is 16.0. The van der Waals surface area contributed by atoms with Gasteiger partial charge >= 0.3 is 11.9 Å². The number of rotatable bonds is 14. The molecule has 0 fully saturated rings. The Bertz CT molecular complexity index is 1710. The van der Waals surface area contributed by atoms with Gasteiger partial charge in [-0.3, -0.25) is 19.3 Å². The Morgan fingerprint density at radius 2 is 1.17 bits per heavy atom. The van der Waals surface area contributed by atoms with Gasteiger partial charge in [-0.2, -0.15) is 20.3 Å². The summed E-state index contributed by atoms with van der Waals surface area (Å²) in [5.74, 6) is -0.143. The molecule has 48 heavy (non-hydrogen) atoms. The van der Waals surface area contributed by atoms with Gasteiger partial charge in [-0.1, -0.05) is 36.4 Å². The largest absolute Gasteiger partial charge is 0.370 e. The van der Waals surface area contributed by atoms with Crippen LogP contribution in [-0.2, 0) is 32.4 Å². The van der Waals surface area contributed by atoms with Crippen LogP contribution in [-0.4, -0.2) is 82.4 Å². The van der Waals surface area contributed by atoms with Gasteiger partial charge in [0.25, 0.3) is 0 Å². The molecule has 2 aromatic heterocycles. The first kappa shape index (κ1) is 32.0. The molecule has 2 N–H and O–H groups in total. The van der Waals surface area contributed by atoms with Crippen LogP contribution in [0.2, 0.25) is 0 Å². The molecule has 0 unspecified atom stereocenters. The molecule has 0 atom stereocenters. The van der Waals surface area contributed by atoms with E-state index in [0.717, 1.165) is 47.5 Å². The van der Waals surface area contributed by atoms with Crippen molar-refractivity contribution in [3.05, 3.63) is 85.5 Å². The number of nitrogens with zero attached hydrogens (tertiary/aromatic N) is 8. The second kappa shape index (κ2) is 15.1. The van der Waals surface area contributed by atoms with Crippen LogP contribution in [0.5, 0.6) is 0 Å². The van der Waals surface area contributed by atoms with Gasteiger partial charge in [0.15, 0.2) is 0 Å². The molecule has 248 valence electrons. The molecule has 0 bridgehead atoms. The van der Waals surface area contributed by atoms with Gasteiger partial charge in [-0.25, -0.2) is 9.59 Å². The summed E-state index contributed by atoms with van der Waals surface area (Å²) < 4.78 is 3.66. The molecule has 0 saturated heterocycles. The van der Waals surface area contributed by atoms with Gasteiger partial charge in [-0.15, -0.1) is 0 Å². The summed E-state index contributed by atoms with van der Waals surface area (Å²) in [5, 5.41) is 18.2. The number of benzene rings is 2. The van der Waals surface area contributed by atoms with E-state index in [4.69, 9.17) is 9.68 Å². The van der Waals surface area contributed by atoms with E-state index in [1.54, 1.807) is 12.4 Å². The highest BCUT2D eigenvalue weighted by molar-refractivity contribution is 5.95. The van der Waals surface area contributed by atoms with E-state index in [9.17, 15) is 9.59 Å². The molecule has 2 aliphatic rings. The van der Waals surface area contributed by atoms with Crippen LogP contribution >= 0.6 is 0 Å². The minimum Gasteiger partial charge on any atom is -0.370 e. The monoisotopic (exact) mass is 650 g/mol. The Balaban J connectivity index is 1.21. The second-order valence-electron chi connectivity index (χ2n) is 10.9. The van der Waals surface area contributed by atoms with Crippen molar-refractivity contribution >= 4 is 35.0 Å². The summed E-state index contributed by atoms with van der Waals surface area (Å²) in [6.07, 6.45) is 9.53. The normalized spacial score (nSPS) is 13.9. The summed E-state index contributed by atoms with van der Waals surface area (Å²) in [6, 6.07) is 15.2. The van der Waals surface area contributed by atoms with Gasteiger partial charge in [0, 0.05) is 73.0 Å². The molecule has 0 amide bonds. The third-order valence-electron chi connectivity index (χ3n) is 7.71. The van der Waals surface area contributed by atoms with Crippen molar-refractivity contribution in [2.75, 3.05) is 49.4 Å². The van der Waals surface area contributed by atoms with Crippen LogP contribution in [0.15, 0.2) is 95.5 Å². The number of hydrogen-bond acceptors (Lipinski definition) is 12. The number of hydroxylamine groups is 2.